The van der Waals surface area contributed by atoms with Gasteiger partial charge in [0.1, 0.15) is 0 Å². The predicted octanol–water partition coefficient (Wildman–Crippen LogP) is 1.98. The quantitative estimate of drug-likeness (QED) is 0.790. The Kier molecular flexibility index (Phi) is 1.41. The van der Waals surface area contributed by atoms with Gasteiger partial charge in [0.05, 0.1) is 0 Å². The molecule has 4 aliphatic carbocycles. The molecule has 3 saturated carbocycles. The molecule has 1 aromatic carbocycles. The fraction of sp³-hybridized carbons (Fsp3) is 0.529. The summed E-state index contributed by atoms with van der Waals surface area (Å²) in [5, 5.41) is 10.1. The lowest BCUT2D eigenvalue weighted by Gasteiger charge is -2.43. The van der Waals surface area contributed by atoms with E-state index in [1.807, 2.05) is 0 Å². The van der Waals surface area contributed by atoms with E-state index in [0.29, 0.717) is 29.6 Å². The molecule has 1 aromatic rings. The maximum atomic E-state index is 12.9. The number of carbonyl (C=O) groups is 2. The Morgan fingerprint density at radius 2 is 2.10 bits per heavy atom. The number of ketones is 2. The standard InChI is InChI=1S/C17H14O4/c18-10-3-1-7-12-13(10)21-15-11(19)4-2-8-9-5-16(9,14(7)20)6-17(8,12)15/h1,3,8-9,15,18H,2,4-6H2. The zero-order valence-corrected chi connectivity index (χ0v) is 11.4. The van der Waals surface area contributed by atoms with Gasteiger partial charge < -0.3 is 9.84 Å². The Balaban J connectivity index is 1.77. The minimum atomic E-state index is -0.476. The molecule has 3 fully saturated rings. The number of aromatic hydroxyl groups is 1. The van der Waals surface area contributed by atoms with Gasteiger partial charge in [0.2, 0.25) is 0 Å². The Morgan fingerprint density at radius 3 is 2.95 bits per heavy atom. The van der Waals surface area contributed by atoms with Crippen molar-refractivity contribution in [2.24, 2.45) is 17.3 Å². The van der Waals surface area contributed by atoms with Crippen molar-refractivity contribution in [3.05, 3.63) is 23.3 Å². The number of Topliss-reactive ketones (excluding diaryl/α,β-unsaturated/α-hetero) is 2. The van der Waals surface area contributed by atoms with E-state index in [4.69, 9.17) is 4.74 Å². The van der Waals surface area contributed by atoms with Gasteiger partial charge in [0.25, 0.3) is 0 Å². The molecule has 1 heterocycles. The third-order valence-electron chi connectivity index (χ3n) is 6.89. The first-order valence-corrected chi connectivity index (χ1v) is 7.70. The second-order valence-electron chi connectivity index (χ2n) is 7.46. The molecule has 0 saturated heterocycles. The number of ether oxygens (including phenoxy) is 1. The van der Waals surface area contributed by atoms with Crippen LogP contribution in [0.2, 0.25) is 0 Å². The summed E-state index contributed by atoms with van der Waals surface area (Å²) in [7, 11) is 0. The van der Waals surface area contributed by atoms with Crippen LogP contribution in [0.25, 0.3) is 0 Å². The molecule has 2 spiro atoms. The highest BCUT2D eigenvalue weighted by Gasteiger charge is 2.81. The van der Waals surface area contributed by atoms with Crippen molar-refractivity contribution in [3.8, 4) is 11.5 Å². The van der Waals surface area contributed by atoms with Gasteiger partial charge in [-0.1, -0.05) is 0 Å². The van der Waals surface area contributed by atoms with Crippen LogP contribution in [0.4, 0.5) is 0 Å². The summed E-state index contributed by atoms with van der Waals surface area (Å²) in [4.78, 5) is 25.3. The smallest absolute Gasteiger partial charge is 0.174 e. The highest BCUT2D eigenvalue weighted by Crippen LogP contribution is 2.80. The van der Waals surface area contributed by atoms with Gasteiger partial charge in [-0.3, -0.25) is 9.59 Å². The first-order chi connectivity index (χ1) is 10.1. The molecular weight excluding hydrogens is 268 g/mol. The van der Waals surface area contributed by atoms with E-state index in [-0.39, 0.29) is 28.1 Å². The lowest BCUT2D eigenvalue weighted by molar-refractivity contribution is -0.132. The first kappa shape index (κ1) is 10.8. The average Bonchev–Trinajstić information content (AvgIpc) is 2.95. The summed E-state index contributed by atoms with van der Waals surface area (Å²) in [6.45, 7) is 0. The van der Waals surface area contributed by atoms with Crippen molar-refractivity contribution < 1.29 is 19.4 Å². The van der Waals surface area contributed by atoms with E-state index in [9.17, 15) is 14.7 Å². The largest absolute Gasteiger partial charge is 0.504 e. The number of carbonyl (C=O) groups excluding carboxylic acids is 2. The lowest BCUT2D eigenvalue weighted by atomic mass is 9.57. The van der Waals surface area contributed by atoms with Gasteiger partial charge in [-0.25, -0.2) is 0 Å². The molecule has 106 valence electrons. The van der Waals surface area contributed by atoms with Crippen LogP contribution < -0.4 is 4.74 Å². The van der Waals surface area contributed by atoms with Gasteiger partial charge in [0.15, 0.2) is 29.2 Å². The average molecular weight is 282 g/mol. The highest BCUT2D eigenvalue weighted by molar-refractivity contribution is 6.09. The van der Waals surface area contributed by atoms with Crippen LogP contribution in [0.5, 0.6) is 11.5 Å². The third kappa shape index (κ3) is 0.840. The van der Waals surface area contributed by atoms with Crippen molar-refractivity contribution in [3.63, 3.8) is 0 Å². The van der Waals surface area contributed by atoms with E-state index < -0.39 is 6.10 Å². The Hall–Kier alpha value is -1.84. The van der Waals surface area contributed by atoms with Crippen LogP contribution in [-0.2, 0) is 10.2 Å². The van der Waals surface area contributed by atoms with E-state index in [1.54, 1.807) is 6.07 Å². The van der Waals surface area contributed by atoms with Gasteiger partial charge in [-0.05, 0) is 43.2 Å². The summed E-state index contributed by atoms with van der Waals surface area (Å²) in [5.74, 6) is 1.62. The number of phenolic OH excluding ortho intramolecular Hbond substituents is 1. The Bertz CT molecular complexity index is 781. The van der Waals surface area contributed by atoms with Crippen molar-refractivity contribution in [1.82, 2.24) is 0 Å². The zero-order valence-electron chi connectivity index (χ0n) is 11.4. The zero-order chi connectivity index (χ0) is 14.1. The fourth-order valence-electron chi connectivity index (χ4n) is 6.18. The molecule has 5 unspecified atom stereocenters. The van der Waals surface area contributed by atoms with Crippen molar-refractivity contribution >= 4 is 11.6 Å². The molecule has 0 amide bonds. The lowest BCUT2D eigenvalue weighted by Crippen LogP contribution is -2.53. The second kappa shape index (κ2) is 2.74. The van der Waals surface area contributed by atoms with Crippen LogP contribution in [-0.4, -0.2) is 22.8 Å². The molecule has 6 rings (SSSR count). The molecule has 0 aromatic heterocycles. The molecule has 5 atom stereocenters. The van der Waals surface area contributed by atoms with Crippen molar-refractivity contribution in [2.75, 3.05) is 0 Å². The predicted molar refractivity (Wildman–Crippen MR) is 71.4 cm³/mol. The minimum Gasteiger partial charge on any atom is -0.504 e. The molecule has 2 bridgehead atoms. The van der Waals surface area contributed by atoms with Crippen LogP contribution in [0.3, 0.4) is 0 Å². The summed E-state index contributed by atoms with van der Waals surface area (Å²) in [6.07, 6.45) is 2.67. The van der Waals surface area contributed by atoms with Crippen LogP contribution in [0.1, 0.15) is 41.6 Å². The second-order valence-corrected chi connectivity index (χ2v) is 7.46. The Morgan fingerprint density at radius 1 is 1.24 bits per heavy atom. The van der Waals surface area contributed by atoms with E-state index in [2.05, 4.69) is 0 Å². The first-order valence-electron chi connectivity index (χ1n) is 7.70. The highest BCUT2D eigenvalue weighted by atomic mass is 16.5. The maximum Gasteiger partial charge on any atom is 0.174 e. The molecule has 5 aliphatic rings. The van der Waals surface area contributed by atoms with Gasteiger partial charge in [0, 0.05) is 28.4 Å². The number of benzene rings is 1. The van der Waals surface area contributed by atoms with Gasteiger partial charge in [-0.15, -0.1) is 0 Å². The number of hydrogen-bond acceptors (Lipinski definition) is 4. The number of fused-ring (bicyclic) bond motifs is 1. The monoisotopic (exact) mass is 282 g/mol. The minimum absolute atomic E-state index is 0.0633. The SMILES string of the molecule is O=C1CCC2C3CC34CC23c2c(ccc(O)c2OC13)C4=O. The summed E-state index contributed by atoms with van der Waals surface area (Å²) in [6, 6.07) is 3.28. The van der Waals surface area contributed by atoms with Crippen molar-refractivity contribution in [1.29, 1.82) is 0 Å². The molecule has 1 N–H and O–H groups in total. The summed E-state index contributed by atoms with van der Waals surface area (Å²) in [5.41, 5.74) is 1.02. The van der Waals surface area contributed by atoms with E-state index in [0.717, 1.165) is 24.8 Å². The number of hydrogen-bond donors (Lipinski definition) is 1. The molecule has 4 nitrogen and oxygen atoms in total. The summed E-state index contributed by atoms with van der Waals surface area (Å²) >= 11 is 0. The van der Waals surface area contributed by atoms with E-state index in [1.165, 1.54) is 6.07 Å². The van der Waals surface area contributed by atoms with E-state index >= 15 is 0 Å². The fourth-order valence-corrected chi connectivity index (χ4v) is 6.18. The molecular formula is C17H14O4. The molecule has 1 aliphatic heterocycles. The topological polar surface area (TPSA) is 63.6 Å². The van der Waals surface area contributed by atoms with Crippen molar-refractivity contribution in [2.45, 2.75) is 37.2 Å². The summed E-state index contributed by atoms with van der Waals surface area (Å²) < 4.78 is 5.93. The maximum absolute atomic E-state index is 12.9. The number of phenols is 1. The van der Waals surface area contributed by atoms with Crippen LogP contribution >= 0.6 is 0 Å². The number of rotatable bonds is 0. The Labute approximate surface area is 121 Å². The molecule has 0 radical (unpaired) electrons. The third-order valence-corrected chi connectivity index (χ3v) is 6.89. The molecule has 4 heteroatoms. The molecule has 21 heavy (non-hydrogen) atoms. The van der Waals surface area contributed by atoms with Gasteiger partial charge in [-0.2, -0.15) is 0 Å². The van der Waals surface area contributed by atoms with Crippen LogP contribution in [0, 0.1) is 17.3 Å². The van der Waals surface area contributed by atoms with Crippen LogP contribution in [0.15, 0.2) is 12.1 Å². The van der Waals surface area contributed by atoms with Gasteiger partial charge >= 0.3 is 0 Å². The normalized spacial score (nSPS) is 47.0.